The van der Waals surface area contributed by atoms with E-state index >= 15 is 0 Å². The minimum Gasteiger partial charge on any atom is -0.465 e. The molecule has 0 bridgehead atoms. The fourth-order valence-electron chi connectivity index (χ4n) is 3.23. The monoisotopic (exact) mass is 454 g/mol. The molecule has 1 heterocycles. The van der Waals surface area contributed by atoms with Crippen LogP contribution in [0.5, 0.6) is 0 Å². The molecule has 2 aromatic rings. The Labute approximate surface area is 178 Å². The fraction of sp³-hybridized carbons (Fsp3) is 0.300. The van der Waals surface area contributed by atoms with Gasteiger partial charge in [0.1, 0.15) is 5.82 Å². The van der Waals surface area contributed by atoms with Crippen LogP contribution in [0.15, 0.2) is 47.4 Å². The standard InChI is InChI=1S/C20H20ClFN2O5S/c1-29-20(26)13-4-9-17(21)18(11-13)23-19(25)14-3-2-10-24(12-14)30(27,28)16-7-5-15(22)6-8-16/h4-9,11,14H,2-3,10,12H2,1H3,(H,23,25)/t14-/m1/s1. The number of carbonyl (C=O) groups is 2. The first kappa shape index (κ1) is 22.2. The molecule has 1 atom stereocenters. The summed E-state index contributed by atoms with van der Waals surface area (Å²) < 4.78 is 44.7. The quantitative estimate of drug-likeness (QED) is 0.700. The normalized spacial score (nSPS) is 17.4. The smallest absolute Gasteiger partial charge is 0.337 e. The molecular weight excluding hydrogens is 435 g/mol. The second-order valence-corrected chi connectivity index (χ2v) is 9.18. The van der Waals surface area contributed by atoms with Gasteiger partial charge in [-0.15, -0.1) is 0 Å². The number of esters is 1. The van der Waals surface area contributed by atoms with Gasteiger partial charge in [0, 0.05) is 13.1 Å². The summed E-state index contributed by atoms with van der Waals surface area (Å²) in [6.45, 7) is 0.252. The van der Waals surface area contributed by atoms with Gasteiger partial charge < -0.3 is 10.1 Å². The van der Waals surface area contributed by atoms with E-state index in [1.807, 2.05) is 0 Å². The number of hydrogen-bond acceptors (Lipinski definition) is 5. The predicted octanol–water partition coefficient (Wildman–Crippen LogP) is 3.31. The number of sulfonamides is 1. The van der Waals surface area contributed by atoms with Crippen molar-refractivity contribution >= 4 is 39.2 Å². The summed E-state index contributed by atoms with van der Waals surface area (Å²) in [6.07, 6.45) is 0.990. The van der Waals surface area contributed by atoms with Gasteiger partial charge in [0.25, 0.3) is 0 Å². The molecule has 1 amide bonds. The molecule has 1 aliphatic rings. The van der Waals surface area contributed by atoms with Gasteiger partial charge in [0.05, 0.1) is 34.2 Å². The summed E-state index contributed by atoms with van der Waals surface area (Å²) in [5.74, 6) is -2.11. The zero-order valence-corrected chi connectivity index (χ0v) is 17.7. The van der Waals surface area contributed by atoms with E-state index in [9.17, 15) is 22.4 Å². The van der Waals surface area contributed by atoms with Crippen molar-refractivity contribution in [2.24, 2.45) is 5.92 Å². The Morgan fingerprint density at radius 3 is 2.57 bits per heavy atom. The van der Waals surface area contributed by atoms with E-state index in [0.29, 0.717) is 12.8 Å². The lowest BCUT2D eigenvalue weighted by Crippen LogP contribution is -2.43. The number of nitrogens with zero attached hydrogens (tertiary/aromatic N) is 1. The molecule has 0 aromatic heterocycles. The molecule has 0 saturated carbocycles. The van der Waals surface area contributed by atoms with Crippen LogP contribution in [0, 0.1) is 11.7 Å². The highest BCUT2D eigenvalue weighted by atomic mass is 35.5. The fourth-order valence-corrected chi connectivity index (χ4v) is 4.92. The van der Waals surface area contributed by atoms with Crippen LogP contribution in [-0.4, -0.2) is 44.8 Å². The number of halogens is 2. The zero-order valence-electron chi connectivity index (χ0n) is 16.1. The average molecular weight is 455 g/mol. The third-order valence-electron chi connectivity index (χ3n) is 4.85. The highest BCUT2D eigenvalue weighted by molar-refractivity contribution is 7.89. The van der Waals surface area contributed by atoms with E-state index in [4.69, 9.17) is 11.6 Å². The summed E-state index contributed by atoms with van der Waals surface area (Å²) in [7, 11) is -2.60. The van der Waals surface area contributed by atoms with E-state index in [2.05, 4.69) is 10.1 Å². The summed E-state index contributed by atoms with van der Waals surface area (Å²) in [5.41, 5.74) is 0.462. The molecule has 0 unspecified atom stereocenters. The van der Waals surface area contributed by atoms with Crippen LogP contribution >= 0.6 is 11.6 Å². The molecular formula is C20H20ClFN2O5S. The number of ether oxygens (including phenoxy) is 1. The Morgan fingerprint density at radius 1 is 1.20 bits per heavy atom. The van der Waals surface area contributed by atoms with Crippen molar-refractivity contribution < 1.29 is 27.1 Å². The van der Waals surface area contributed by atoms with Crippen molar-refractivity contribution in [2.75, 3.05) is 25.5 Å². The van der Waals surface area contributed by atoms with Crippen molar-refractivity contribution in [2.45, 2.75) is 17.7 Å². The molecule has 0 spiro atoms. The number of methoxy groups -OCH3 is 1. The number of hydrogen-bond donors (Lipinski definition) is 1. The number of piperidine rings is 1. The van der Waals surface area contributed by atoms with Gasteiger partial charge in [-0.05, 0) is 55.3 Å². The Balaban J connectivity index is 1.75. The highest BCUT2D eigenvalue weighted by Crippen LogP contribution is 2.27. The van der Waals surface area contributed by atoms with Gasteiger partial charge in [0.2, 0.25) is 15.9 Å². The molecule has 160 valence electrons. The molecule has 0 aliphatic carbocycles. The third kappa shape index (κ3) is 4.80. The second-order valence-electron chi connectivity index (χ2n) is 6.83. The summed E-state index contributed by atoms with van der Waals surface area (Å²) in [6, 6.07) is 8.91. The van der Waals surface area contributed by atoms with Gasteiger partial charge in [0.15, 0.2) is 0 Å². The molecule has 1 N–H and O–H groups in total. The van der Waals surface area contributed by atoms with Crippen LogP contribution in [-0.2, 0) is 19.6 Å². The topological polar surface area (TPSA) is 92.8 Å². The Bertz CT molecular complexity index is 1060. The van der Waals surface area contributed by atoms with E-state index in [1.165, 1.54) is 41.7 Å². The maximum Gasteiger partial charge on any atom is 0.337 e. The molecule has 1 aliphatic heterocycles. The van der Waals surface area contributed by atoms with Crippen molar-refractivity contribution in [3.63, 3.8) is 0 Å². The summed E-state index contributed by atoms with van der Waals surface area (Å²) >= 11 is 6.12. The van der Waals surface area contributed by atoms with E-state index in [1.54, 1.807) is 0 Å². The predicted molar refractivity (Wildman–Crippen MR) is 109 cm³/mol. The van der Waals surface area contributed by atoms with Gasteiger partial charge in [-0.1, -0.05) is 11.6 Å². The van der Waals surface area contributed by atoms with Gasteiger partial charge in [-0.25, -0.2) is 17.6 Å². The summed E-state index contributed by atoms with van der Waals surface area (Å²) in [5, 5.41) is 2.91. The molecule has 3 rings (SSSR count). The first-order valence-electron chi connectivity index (χ1n) is 9.17. The molecule has 7 nitrogen and oxygen atoms in total. The van der Waals surface area contributed by atoms with Crippen molar-refractivity contribution in [1.82, 2.24) is 4.31 Å². The van der Waals surface area contributed by atoms with Crippen LogP contribution in [0.2, 0.25) is 5.02 Å². The maximum absolute atomic E-state index is 13.1. The van der Waals surface area contributed by atoms with Gasteiger partial charge in [-0.3, -0.25) is 4.79 Å². The SMILES string of the molecule is COC(=O)c1ccc(Cl)c(NC(=O)[C@@H]2CCCN(S(=O)(=O)c3ccc(F)cc3)C2)c1. The largest absolute Gasteiger partial charge is 0.465 e. The van der Waals surface area contributed by atoms with Crippen molar-refractivity contribution in [1.29, 1.82) is 0 Å². The second kappa shape index (κ2) is 9.11. The van der Waals surface area contributed by atoms with E-state index < -0.39 is 33.6 Å². The third-order valence-corrected chi connectivity index (χ3v) is 7.06. The van der Waals surface area contributed by atoms with Crippen molar-refractivity contribution in [3.8, 4) is 0 Å². The Hall–Kier alpha value is -2.49. The molecule has 10 heteroatoms. The Morgan fingerprint density at radius 2 is 1.90 bits per heavy atom. The lowest BCUT2D eigenvalue weighted by Gasteiger charge is -2.31. The number of benzene rings is 2. The first-order chi connectivity index (χ1) is 14.2. The van der Waals surface area contributed by atoms with Crippen LogP contribution in [0.1, 0.15) is 23.2 Å². The molecule has 30 heavy (non-hydrogen) atoms. The average Bonchev–Trinajstić information content (AvgIpc) is 2.75. The Kier molecular flexibility index (Phi) is 6.74. The van der Waals surface area contributed by atoms with Gasteiger partial charge in [-0.2, -0.15) is 4.31 Å². The maximum atomic E-state index is 13.1. The molecule has 2 aromatic carbocycles. The minimum absolute atomic E-state index is 0.0140. The molecule has 1 fully saturated rings. The minimum atomic E-state index is -3.85. The van der Waals surface area contributed by atoms with Crippen LogP contribution in [0.3, 0.4) is 0 Å². The van der Waals surface area contributed by atoms with Crippen LogP contribution < -0.4 is 5.32 Å². The van der Waals surface area contributed by atoms with E-state index in [0.717, 1.165) is 12.1 Å². The number of anilines is 1. The lowest BCUT2D eigenvalue weighted by atomic mass is 9.98. The number of carbonyl (C=O) groups excluding carboxylic acids is 2. The van der Waals surface area contributed by atoms with Crippen LogP contribution in [0.4, 0.5) is 10.1 Å². The molecule has 0 radical (unpaired) electrons. The first-order valence-corrected chi connectivity index (χ1v) is 11.0. The van der Waals surface area contributed by atoms with E-state index in [-0.39, 0.29) is 34.3 Å². The zero-order chi connectivity index (χ0) is 21.9. The number of nitrogens with one attached hydrogen (secondary N) is 1. The molecule has 1 saturated heterocycles. The summed E-state index contributed by atoms with van der Waals surface area (Å²) in [4.78, 5) is 24.4. The highest BCUT2D eigenvalue weighted by Gasteiger charge is 2.33. The number of rotatable bonds is 5. The van der Waals surface area contributed by atoms with Gasteiger partial charge >= 0.3 is 5.97 Å². The van der Waals surface area contributed by atoms with Crippen LogP contribution in [0.25, 0.3) is 0 Å². The van der Waals surface area contributed by atoms with Crippen molar-refractivity contribution in [3.05, 3.63) is 58.9 Å². The number of amides is 1. The lowest BCUT2D eigenvalue weighted by molar-refractivity contribution is -0.120.